The molecule has 0 unspecified atom stereocenters. The van der Waals surface area contributed by atoms with E-state index in [1.54, 1.807) is 0 Å². The molecular formula is C31H42. The third kappa shape index (κ3) is 4.12. The zero-order valence-corrected chi connectivity index (χ0v) is 20.6. The van der Waals surface area contributed by atoms with Crippen molar-refractivity contribution in [1.29, 1.82) is 0 Å². The molecule has 3 fully saturated rings. The van der Waals surface area contributed by atoms with Gasteiger partial charge >= 0.3 is 0 Å². The minimum atomic E-state index is 0.513. The predicted octanol–water partition coefficient (Wildman–Crippen LogP) is 7.65. The Balaban J connectivity index is 1.43. The monoisotopic (exact) mass is 414 g/mol. The highest BCUT2D eigenvalue weighted by Crippen LogP contribution is 2.67. The van der Waals surface area contributed by atoms with Crippen LogP contribution in [-0.2, 0) is 0 Å². The van der Waals surface area contributed by atoms with Crippen LogP contribution >= 0.6 is 0 Å². The van der Waals surface area contributed by atoms with E-state index in [4.69, 9.17) is 0 Å². The van der Waals surface area contributed by atoms with Gasteiger partial charge in [-0.3, -0.25) is 0 Å². The topological polar surface area (TPSA) is 0 Å². The van der Waals surface area contributed by atoms with Crippen molar-refractivity contribution in [2.45, 2.75) is 98.8 Å². The van der Waals surface area contributed by atoms with Crippen molar-refractivity contribution in [2.24, 2.45) is 46.3 Å². The van der Waals surface area contributed by atoms with E-state index >= 15 is 0 Å². The molecule has 3 saturated carbocycles. The third-order valence-corrected chi connectivity index (χ3v) is 10.2. The third-order valence-electron chi connectivity index (χ3n) is 10.2. The average Bonchev–Trinajstić information content (AvgIpc) is 3.11. The van der Waals surface area contributed by atoms with E-state index in [0.717, 1.165) is 41.9 Å². The first kappa shape index (κ1) is 22.6. The summed E-state index contributed by atoms with van der Waals surface area (Å²) in [5.74, 6) is 22.8. The molecule has 0 aromatic heterocycles. The van der Waals surface area contributed by atoms with E-state index in [1.807, 2.05) is 12.5 Å². The Morgan fingerprint density at radius 3 is 2.61 bits per heavy atom. The van der Waals surface area contributed by atoms with Crippen LogP contribution < -0.4 is 0 Å². The lowest BCUT2D eigenvalue weighted by Gasteiger charge is -2.58. The fraction of sp³-hybridized carbons (Fsp3) is 0.742. The summed E-state index contributed by atoms with van der Waals surface area (Å²) < 4.78 is 0. The summed E-state index contributed by atoms with van der Waals surface area (Å²) in [5, 5.41) is 0. The van der Waals surface area contributed by atoms with E-state index in [0.29, 0.717) is 10.8 Å². The molecule has 4 aliphatic carbocycles. The largest absolute Gasteiger partial charge is 0.0925 e. The van der Waals surface area contributed by atoms with Gasteiger partial charge in [0.1, 0.15) is 0 Å². The minimum Gasteiger partial charge on any atom is -0.0925 e. The van der Waals surface area contributed by atoms with Gasteiger partial charge in [-0.05, 0) is 135 Å². The van der Waals surface area contributed by atoms with Gasteiger partial charge in [-0.15, -0.1) is 0 Å². The van der Waals surface area contributed by atoms with Crippen molar-refractivity contribution in [2.75, 3.05) is 0 Å². The van der Waals surface area contributed by atoms with Crippen LogP contribution in [0.4, 0.5) is 0 Å². The zero-order chi connectivity index (χ0) is 22.1. The maximum atomic E-state index is 3.27. The van der Waals surface area contributed by atoms with E-state index < -0.39 is 0 Å². The SMILES string of the molecule is CC#CC#CC#CCC[C@@H](C)[C@H]1CC[C@H]2[C@@H]3CC=C4C[C@@H](C)CC[C@]4(C)[C@H]3CC[C@]12C. The first-order valence-corrected chi connectivity index (χ1v) is 13.0. The normalized spacial score (nSPS) is 41.5. The second kappa shape index (κ2) is 9.11. The molecule has 0 N–H and O–H groups in total. The molecule has 0 bridgehead atoms. The fourth-order valence-electron chi connectivity index (χ4n) is 8.55. The van der Waals surface area contributed by atoms with Crippen molar-refractivity contribution in [3.8, 4) is 35.5 Å². The first-order valence-electron chi connectivity index (χ1n) is 13.0. The molecule has 0 heterocycles. The van der Waals surface area contributed by atoms with Gasteiger partial charge in [-0.25, -0.2) is 0 Å². The second-order valence-electron chi connectivity index (χ2n) is 11.8. The van der Waals surface area contributed by atoms with E-state index in [9.17, 15) is 0 Å². The summed E-state index contributed by atoms with van der Waals surface area (Å²) in [4.78, 5) is 0. The molecule has 0 amide bonds. The molecule has 0 aromatic rings. The summed E-state index contributed by atoms with van der Waals surface area (Å²) in [6.45, 7) is 12.1. The van der Waals surface area contributed by atoms with Crippen molar-refractivity contribution >= 4 is 0 Å². The maximum Gasteiger partial charge on any atom is 0.0102 e. The Kier molecular flexibility index (Phi) is 6.65. The van der Waals surface area contributed by atoms with E-state index in [-0.39, 0.29) is 0 Å². The van der Waals surface area contributed by atoms with Gasteiger partial charge in [0.05, 0.1) is 0 Å². The van der Waals surface area contributed by atoms with Crippen LogP contribution in [0.2, 0.25) is 0 Å². The van der Waals surface area contributed by atoms with Gasteiger partial charge < -0.3 is 0 Å². The molecule has 0 saturated heterocycles. The van der Waals surface area contributed by atoms with Crippen LogP contribution in [0.5, 0.6) is 0 Å². The quantitative estimate of drug-likeness (QED) is 0.329. The molecule has 4 rings (SSSR count). The Bertz CT molecular complexity index is 886. The lowest BCUT2D eigenvalue weighted by Crippen LogP contribution is -2.50. The Labute approximate surface area is 192 Å². The Morgan fingerprint density at radius 2 is 1.81 bits per heavy atom. The van der Waals surface area contributed by atoms with Crippen molar-refractivity contribution in [3.63, 3.8) is 0 Å². The predicted molar refractivity (Wildman–Crippen MR) is 132 cm³/mol. The van der Waals surface area contributed by atoms with Gasteiger partial charge in [-0.1, -0.05) is 51.2 Å². The van der Waals surface area contributed by atoms with Crippen LogP contribution in [0, 0.1) is 81.9 Å². The van der Waals surface area contributed by atoms with Gasteiger partial charge in [0, 0.05) is 6.42 Å². The minimum absolute atomic E-state index is 0.513. The summed E-state index contributed by atoms with van der Waals surface area (Å²) in [5.41, 5.74) is 2.90. The Hall–Kier alpha value is -1.58. The summed E-state index contributed by atoms with van der Waals surface area (Å²) in [7, 11) is 0. The molecule has 0 nitrogen and oxygen atoms in total. The molecule has 31 heavy (non-hydrogen) atoms. The number of rotatable bonds is 3. The number of hydrogen-bond acceptors (Lipinski definition) is 0. The van der Waals surface area contributed by atoms with Gasteiger partial charge in [0.25, 0.3) is 0 Å². The molecule has 0 spiro atoms. The fourth-order valence-corrected chi connectivity index (χ4v) is 8.55. The van der Waals surface area contributed by atoms with Gasteiger partial charge in [-0.2, -0.15) is 0 Å². The smallest absolute Gasteiger partial charge is 0.0102 e. The molecule has 0 radical (unpaired) electrons. The molecule has 166 valence electrons. The summed E-state index contributed by atoms with van der Waals surface area (Å²) in [6, 6.07) is 0. The van der Waals surface area contributed by atoms with Crippen molar-refractivity contribution in [1.82, 2.24) is 0 Å². The van der Waals surface area contributed by atoms with Gasteiger partial charge in [0.2, 0.25) is 0 Å². The van der Waals surface area contributed by atoms with Crippen molar-refractivity contribution in [3.05, 3.63) is 11.6 Å². The first-order chi connectivity index (χ1) is 14.9. The zero-order valence-electron chi connectivity index (χ0n) is 20.6. The van der Waals surface area contributed by atoms with Crippen LogP contribution in [0.3, 0.4) is 0 Å². The van der Waals surface area contributed by atoms with Crippen LogP contribution in [0.15, 0.2) is 11.6 Å². The Morgan fingerprint density at radius 1 is 1.00 bits per heavy atom. The van der Waals surface area contributed by atoms with Gasteiger partial charge in [0.15, 0.2) is 0 Å². The van der Waals surface area contributed by atoms with E-state index in [2.05, 4.69) is 69.3 Å². The highest BCUT2D eigenvalue weighted by Gasteiger charge is 2.58. The van der Waals surface area contributed by atoms with Crippen LogP contribution in [0.1, 0.15) is 98.8 Å². The maximum absolute atomic E-state index is 3.27. The molecule has 0 heteroatoms. The lowest BCUT2D eigenvalue weighted by molar-refractivity contribution is -0.0520. The number of fused-ring (bicyclic) bond motifs is 5. The molecule has 0 aromatic carbocycles. The summed E-state index contributed by atoms with van der Waals surface area (Å²) >= 11 is 0. The van der Waals surface area contributed by atoms with Crippen molar-refractivity contribution < 1.29 is 0 Å². The molecule has 8 atom stereocenters. The molecular weight excluding hydrogens is 372 g/mol. The number of hydrogen-bond donors (Lipinski definition) is 0. The number of allylic oxidation sites excluding steroid dienone is 2. The second-order valence-corrected chi connectivity index (χ2v) is 11.8. The molecule has 4 aliphatic rings. The summed E-state index contributed by atoms with van der Waals surface area (Å²) in [6.07, 6.45) is 16.4. The lowest BCUT2D eigenvalue weighted by atomic mass is 9.46. The van der Waals surface area contributed by atoms with Crippen LogP contribution in [0.25, 0.3) is 0 Å². The standard InChI is InChI=1S/C31H42/c1-6-7-8-9-10-11-12-13-24(3)27-16-17-28-26-15-14-25-22-23(2)18-20-30(25,4)29(26)19-21-31(27,28)5/h14,23-24,26-29H,12-13,15-22H2,1-5H3/t23-,24+,26-,27+,28-,29-,30-,31+/m0/s1. The van der Waals surface area contributed by atoms with E-state index in [1.165, 1.54) is 57.8 Å². The average molecular weight is 415 g/mol. The highest BCUT2D eigenvalue weighted by molar-refractivity contribution is 5.35. The van der Waals surface area contributed by atoms with Crippen LogP contribution in [-0.4, -0.2) is 0 Å². The molecule has 0 aliphatic heterocycles. The highest BCUT2D eigenvalue weighted by atomic mass is 14.6.